The second-order valence-electron chi connectivity index (χ2n) is 7.72. The van der Waals surface area contributed by atoms with Gasteiger partial charge in [-0.05, 0) is 37.3 Å². The molecule has 0 saturated carbocycles. The number of aryl methyl sites for hydroxylation is 1. The van der Waals surface area contributed by atoms with E-state index in [2.05, 4.69) is 70.2 Å². The topological polar surface area (TPSA) is 54.2 Å². The zero-order chi connectivity index (χ0) is 19.6. The average molecular weight is 370 g/mol. The molecular weight excluding hydrogens is 334 g/mol. The molecule has 0 amide bonds. The van der Waals surface area contributed by atoms with Crippen LogP contribution in [0.3, 0.4) is 0 Å². The standard InChI is InChI=1S/C22H35N5/c1-17(2)8-6-9-18(3)26-22(23-5)25-15-20-10-7-11-21(14-20)16-27-13-12-24-19(27)4/h7,10-14,17-18H,6,8-9,15-16H2,1-5H3,(H2,23,25,26). The van der Waals surface area contributed by atoms with Gasteiger partial charge in [-0.25, -0.2) is 4.98 Å². The molecule has 1 aromatic heterocycles. The number of guanidine groups is 1. The molecule has 0 saturated heterocycles. The van der Waals surface area contributed by atoms with Crippen LogP contribution in [0.5, 0.6) is 0 Å². The van der Waals surface area contributed by atoms with Gasteiger partial charge in [0.15, 0.2) is 5.96 Å². The fourth-order valence-corrected chi connectivity index (χ4v) is 3.12. The molecule has 0 aliphatic carbocycles. The summed E-state index contributed by atoms with van der Waals surface area (Å²) in [5.41, 5.74) is 2.53. The van der Waals surface area contributed by atoms with Gasteiger partial charge in [0.05, 0.1) is 0 Å². The fraction of sp³-hybridized carbons (Fsp3) is 0.545. The summed E-state index contributed by atoms with van der Waals surface area (Å²) in [6, 6.07) is 9.09. The van der Waals surface area contributed by atoms with E-state index < -0.39 is 0 Å². The van der Waals surface area contributed by atoms with Gasteiger partial charge in [0.2, 0.25) is 0 Å². The number of rotatable bonds is 9. The molecule has 0 fully saturated rings. The van der Waals surface area contributed by atoms with Crippen LogP contribution in [0.15, 0.2) is 41.7 Å². The Kier molecular flexibility index (Phi) is 8.37. The predicted molar refractivity (Wildman–Crippen MR) is 114 cm³/mol. The van der Waals surface area contributed by atoms with Crippen molar-refractivity contribution in [3.05, 3.63) is 53.6 Å². The highest BCUT2D eigenvalue weighted by Gasteiger charge is 2.06. The summed E-state index contributed by atoms with van der Waals surface area (Å²) < 4.78 is 2.16. The first-order chi connectivity index (χ1) is 13.0. The van der Waals surface area contributed by atoms with Crippen LogP contribution >= 0.6 is 0 Å². The Morgan fingerprint density at radius 3 is 2.63 bits per heavy atom. The number of benzene rings is 1. The van der Waals surface area contributed by atoms with Crippen molar-refractivity contribution in [1.82, 2.24) is 20.2 Å². The van der Waals surface area contributed by atoms with Crippen molar-refractivity contribution in [2.45, 2.75) is 66.1 Å². The normalized spacial score (nSPS) is 13.0. The molecule has 148 valence electrons. The van der Waals surface area contributed by atoms with Crippen LogP contribution in [-0.2, 0) is 13.1 Å². The van der Waals surface area contributed by atoms with Crippen LogP contribution in [0, 0.1) is 12.8 Å². The third-order valence-corrected chi connectivity index (χ3v) is 4.75. The molecule has 5 nitrogen and oxygen atoms in total. The molecule has 2 N–H and O–H groups in total. The second kappa shape index (κ2) is 10.8. The van der Waals surface area contributed by atoms with E-state index >= 15 is 0 Å². The average Bonchev–Trinajstić information content (AvgIpc) is 3.03. The van der Waals surface area contributed by atoms with E-state index in [-0.39, 0.29) is 0 Å². The van der Waals surface area contributed by atoms with Crippen LogP contribution < -0.4 is 10.6 Å². The third kappa shape index (κ3) is 7.45. The van der Waals surface area contributed by atoms with Gasteiger partial charge in [-0.3, -0.25) is 4.99 Å². The van der Waals surface area contributed by atoms with E-state index in [1.807, 2.05) is 26.4 Å². The Balaban J connectivity index is 1.83. The quantitative estimate of drug-likeness (QED) is 0.516. The molecule has 0 aliphatic rings. The van der Waals surface area contributed by atoms with Crippen LogP contribution in [-0.4, -0.2) is 28.6 Å². The molecule has 1 aromatic carbocycles. The summed E-state index contributed by atoms with van der Waals surface area (Å²) in [5.74, 6) is 2.67. The maximum absolute atomic E-state index is 4.36. The Bertz CT molecular complexity index is 717. The largest absolute Gasteiger partial charge is 0.354 e. The zero-order valence-corrected chi connectivity index (χ0v) is 17.5. The minimum atomic E-state index is 0.422. The molecule has 0 radical (unpaired) electrons. The summed E-state index contributed by atoms with van der Waals surface area (Å²) in [6.45, 7) is 10.4. The highest BCUT2D eigenvalue weighted by molar-refractivity contribution is 5.79. The first-order valence-corrected chi connectivity index (χ1v) is 10.0. The number of aromatic nitrogens is 2. The van der Waals surface area contributed by atoms with Gasteiger partial charge < -0.3 is 15.2 Å². The van der Waals surface area contributed by atoms with E-state index in [1.54, 1.807) is 0 Å². The SMILES string of the molecule is CN=C(NCc1cccc(Cn2ccnc2C)c1)NC(C)CCCC(C)C. The van der Waals surface area contributed by atoms with Gasteiger partial charge in [0.25, 0.3) is 0 Å². The van der Waals surface area contributed by atoms with Crippen LogP contribution in [0.1, 0.15) is 57.0 Å². The van der Waals surface area contributed by atoms with Crippen molar-refractivity contribution in [3.8, 4) is 0 Å². The summed E-state index contributed by atoms with van der Waals surface area (Å²) in [4.78, 5) is 8.65. The van der Waals surface area contributed by atoms with Crippen molar-refractivity contribution in [1.29, 1.82) is 0 Å². The molecule has 0 bridgehead atoms. The number of aliphatic imine (C=N–C) groups is 1. The van der Waals surface area contributed by atoms with Crippen LogP contribution in [0.4, 0.5) is 0 Å². The van der Waals surface area contributed by atoms with E-state index in [4.69, 9.17) is 0 Å². The number of nitrogens with one attached hydrogen (secondary N) is 2. The molecule has 0 aliphatic heterocycles. The zero-order valence-electron chi connectivity index (χ0n) is 17.5. The molecule has 0 spiro atoms. The summed E-state index contributed by atoms with van der Waals surface area (Å²) in [5, 5.41) is 6.93. The van der Waals surface area contributed by atoms with E-state index in [0.717, 1.165) is 30.8 Å². The number of hydrogen-bond acceptors (Lipinski definition) is 2. The Morgan fingerprint density at radius 2 is 1.96 bits per heavy atom. The molecule has 2 rings (SSSR count). The van der Waals surface area contributed by atoms with E-state index in [0.29, 0.717) is 6.04 Å². The Labute approximate surface area is 164 Å². The molecule has 2 aromatic rings. The van der Waals surface area contributed by atoms with Gasteiger partial charge >= 0.3 is 0 Å². The minimum Gasteiger partial charge on any atom is -0.354 e. The molecule has 1 heterocycles. The van der Waals surface area contributed by atoms with Crippen molar-refractivity contribution in [3.63, 3.8) is 0 Å². The van der Waals surface area contributed by atoms with Gasteiger partial charge in [-0.1, -0.05) is 51.0 Å². The molecule has 1 unspecified atom stereocenters. The van der Waals surface area contributed by atoms with Crippen molar-refractivity contribution in [2.75, 3.05) is 7.05 Å². The lowest BCUT2D eigenvalue weighted by Crippen LogP contribution is -2.41. The van der Waals surface area contributed by atoms with E-state index in [1.165, 1.54) is 30.4 Å². The highest BCUT2D eigenvalue weighted by Crippen LogP contribution is 2.10. The fourth-order valence-electron chi connectivity index (χ4n) is 3.12. The first kappa shape index (κ1) is 21.0. The monoisotopic (exact) mass is 369 g/mol. The Hall–Kier alpha value is -2.30. The maximum atomic E-state index is 4.36. The van der Waals surface area contributed by atoms with Crippen molar-refractivity contribution < 1.29 is 0 Å². The molecule has 5 heteroatoms. The van der Waals surface area contributed by atoms with Gasteiger partial charge in [-0.15, -0.1) is 0 Å². The number of hydrogen-bond donors (Lipinski definition) is 2. The van der Waals surface area contributed by atoms with Gasteiger partial charge in [-0.2, -0.15) is 0 Å². The smallest absolute Gasteiger partial charge is 0.191 e. The number of nitrogens with zero attached hydrogens (tertiary/aromatic N) is 3. The molecule has 27 heavy (non-hydrogen) atoms. The summed E-state index contributed by atoms with van der Waals surface area (Å²) in [6.07, 6.45) is 7.56. The lowest BCUT2D eigenvalue weighted by molar-refractivity contribution is 0.491. The highest BCUT2D eigenvalue weighted by atomic mass is 15.2. The number of imidazole rings is 1. The first-order valence-electron chi connectivity index (χ1n) is 10.0. The minimum absolute atomic E-state index is 0.422. The third-order valence-electron chi connectivity index (χ3n) is 4.75. The van der Waals surface area contributed by atoms with Crippen LogP contribution in [0.2, 0.25) is 0 Å². The van der Waals surface area contributed by atoms with Gasteiger partial charge in [0.1, 0.15) is 5.82 Å². The van der Waals surface area contributed by atoms with Crippen LogP contribution in [0.25, 0.3) is 0 Å². The lowest BCUT2D eigenvalue weighted by Gasteiger charge is -2.18. The lowest BCUT2D eigenvalue weighted by atomic mass is 10.0. The van der Waals surface area contributed by atoms with E-state index in [9.17, 15) is 0 Å². The second-order valence-corrected chi connectivity index (χ2v) is 7.72. The van der Waals surface area contributed by atoms with Crippen molar-refractivity contribution >= 4 is 5.96 Å². The van der Waals surface area contributed by atoms with Gasteiger partial charge in [0, 0.05) is 38.6 Å². The predicted octanol–water partition coefficient (Wildman–Crippen LogP) is 4.12. The molecular formula is C22H35N5. The molecule has 1 atom stereocenters. The maximum Gasteiger partial charge on any atom is 0.191 e. The summed E-state index contributed by atoms with van der Waals surface area (Å²) in [7, 11) is 1.83. The Morgan fingerprint density at radius 1 is 1.19 bits per heavy atom. The summed E-state index contributed by atoms with van der Waals surface area (Å²) >= 11 is 0. The van der Waals surface area contributed by atoms with Crippen molar-refractivity contribution in [2.24, 2.45) is 10.9 Å².